The normalized spacial score (nSPS) is 11.3. The Bertz CT molecular complexity index is 1150. The first-order valence-electron chi connectivity index (χ1n) is 9.89. The van der Waals surface area contributed by atoms with Crippen molar-refractivity contribution in [3.05, 3.63) is 78.4 Å². The largest absolute Gasteiger partial charge is 0.296 e. The molecule has 0 aliphatic heterocycles. The Hall–Kier alpha value is -2.28. The molecule has 1 aromatic heterocycles. The maximum Gasteiger partial charge on any atom is 0.0607 e. The van der Waals surface area contributed by atoms with E-state index in [4.69, 9.17) is 4.98 Å². The molecule has 3 aromatic carbocycles. The Labute approximate surface area is 180 Å². The summed E-state index contributed by atoms with van der Waals surface area (Å²) in [7, 11) is 0. The van der Waals surface area contributed by atoms with Gasteiger partial charge in [-0.3, -0.25) is 4.98 Å². The molecule has 4 aromatic rings. The molecule has 5 rings (SSSR count). The molecule has 1 nitrogen and oxygen atoms in total. The number of nitrogens with zero attached hydrogens (tertiary/aromatic N) is 1. The average molecular weight is 541 g/mol. The third-order valence-corrected chi connectivity index (χ3v) is 5.55. The topological polar surface area (TPSA) is 12.9 Å². The Morgan fingerprint density at radius 2 is 1.61 bits per heavy atom. The average Bonchev–Trinajstić information content (AvgIpc) is 3.04. The monoisotopic (exact) mass is 541 g/mol. The summed E-state index contributed by atoms with van der Waals surface area (Å²) < 4.78 is 0. The van der Waals surface area contributed by atoms with Gasteiger partial charge in [-0.1, -0.05) is 68.7 Å². The molecule has 0 saturated carbocycles. The van der Waals surface area contributed by atoms with E-state index in [1.807, 2.05) is 6.07 Å². The maximum atomic E-state index is 5.00. The van der Waals surface area contributed by atoms with Gasteiger partial charge in [0.1, 0.15) is 0 Å². The first-order chi connectivity index (χ1) is 13.3. The summed E-state index contributed by atoms with van der Waals surface area (Å²) in [6.45, 7) is 2.25. The molecule has 2 heteroatoms. The molecule has 0 saturated heterocycles. The van der Waals surface area contributed by atoms with Gasteiger partial charge in [0.05, 0.1) is 5.52 Å². The number of benzene rings is 3. The SMILES string of the molecule is CCCCCc1cc[c-]c(-c2cc3c4c(cccc4n2)-c2ccccc2-3)c1.[Ir]. The second kappa shape index (κ2) is 7.99. The summed E-state index contributed by atoms with van der Waals surface area (Å²) in [6.07, 6.45) is 4.91. The van der Waals surface area contributed by atoms with Gasteiger partial charge in [0.15, 0.2) is 0 Å². The standard InChI is InChI=1S/C26H22N.Ir/c1-2-3-4-9-18-10-7-11-19(16-18)25-17-23-21-13-6-5-12-20(21)22-14-8-15-24(27-25)26(22)23;/h5-8,10,12-17H,2-4,9H2,1H3;/q-1;. The van der Waals surface area contributed by atoms with Crippen molar-refractivity contribution in [2.75, 3.05) is 0 Å². The number of pyridine rings is 1. The van der Waals surface area contributed by atoms with Gasteiger partial charge >= 0.3 is 0 Å². The third-order valence-electron chi connectivity index (χ3n) is 5.55. The fourth-order valence-electron chi connectivity index (χ4n) is 4.21. The van der Waals surface area contributed by atoms with Gasteiger partial charge in [-0.05, 0) is 40.4 Å². The first-order valence-corrected chi connectivity index (χ1v) is 9.89. The van der Waals surface area contributed by atoms with E-state index in [2.05, 4.69) is 73.7 Å². The molecule has 0 amide bonds. The predicted octanol–water partition coefficient (Wildman–Crippen LogP) is 7.08. The van der Waals surface area contributed by atoms with Crippen molar-refractivity contribution >= 4 is 10.9 Å². The Balaban J connectivity index is 0.00000192. The molecule has 0 N–H and O–H groups in total. The fraction of sp³-hybridized carbons (Fsp3) is 0.192. The van der Waals surface area contributed by atoms with Gasteiger partial charge in [-0.15, -0.1) is 35.4 Å². The van der Waals surface area contributed by atoms with Crippen LogP contribution in [0.5, 0.6) is 0 Å². The van der Waals surface area contributed by atoms with Crippen LogP contribution >= 0.6 is 0 Å². The number of hydrogen-bond donors (Lipinski definition) is 0. The number of aromatic nitrogens is 1. The van der Waals surface area contributed by atoms with Gasteiger partial charge in [-0.25, -0.2) is 0 Å². The summed E-state index contributed by atoms with van der Waals surface area (Å²) in [6, 6.07) is 27.3. The molecule has 0 spiro atoms. The van der Waals surface area contributed by atoms with Crippen LogP contribution in [0, 0.1) is 6.07 Å². The van der Waals surface area contributed by atoms with E-state index in [-0.39, 0.29) is 20.1 Å². The van der Waals surface area contributed by atoms with Crippen LogP contribution in [0.15, 0.2) is 66.7 Å². The van der Waals surface area contributed by atoms with Crippen LogP contribution in [0.1, 0.15) is 31.7 Å². The molecule has 0 bridgehead atoms. The van der Waals surface area contributed by atoms with Crippen LogP contribution in [-0.2, 0) is 26.5 Å². The van der Waals surface area contributed by atoms with Crippen molar-refractivity contribution in [3.63, 3.8) is 0 Å². The van der Waals surface area contributed by atoms with E-state index >= 15 is 0 Å². The van der Waals surface area contributed by atoms with Crippen LogP contribution in [0.3, 0.4) is 0 Å². The minimum atomic E-state index is 0. The summed E-state index contributed by atoms with van der Waals surface area (Å²) in [5.74, 6) is 0. The third kappa shape index (κ3) is 3.21. The Kier molecular flexibility index (Phi) is 5.44. The van der Waals surface area contributed by atoms with Crippen LogP contribution in [0.25, 0.3) is 44.4 Å². The zero-order valence-corrected chi connectivity index (χ0v) is 18.4. The molecule has 0 fully saturated rings. The smallest absolute Gasteiger partial charge is 0.0607 e. The van der Waals surface area contributed by atoms with Crippen LogP contribution in [-0.4, -0.2) is 4.98 Å². The molecule has 1 aliphatic rings. The van der Waals surface area contributed by atoms with Crippen molar-refractivity contribution in [2.45, 2.75) is 32.6 Å². The number of unbranched alkanes of at least 4 members (excludes halogenated alkanes) is 2. The fourth-order valence-corrected chi connectivity index (χ4v) is 4.21. The van der Waals surface area contributed by atoms with Gasteiger partial charge in [0.2, 0.25) is 0 Å². The molecule has 1 aliphatic carbocycles. The van der Waals surface area contributed by atoms with Crippen molar-refractivity contribution in [1.82, 2.24) is 4.98 Å². The van der Waals surface area contributed by atoms with E-state index in [1.165, 1.54) is 52.5 Å². The number of aryl methyl sites for hydroxylation is 1. The number of fused-ring (bicyclic) bond motifs is 3. The minimum Gasteiger partial charge on any atom is -0.296 e. The van der Waals surface area contributed by atoms with E-state index in [0.717, 1.165) is 23.2 Å². The van der Waals surface area contributed by atoms with Gasteiger partial charge in [0, 0.05) is 25.5 Å². The summed E-state index contributed by atoms with van der Waals surface area (Å²) in [5.41, 5.74) is 9.78. The van der Waals surface area contributed by atoms with Gasteiger partial charge in [-0.2, -0.15) is 0 Å². The maximum absolute atomic E-state index is 5.00. The van der Waals surface area contributed by atoms with E-state index in [9.17, 15) is 0 Å². The Morgan fingerprint density at radius 1 is 0.821 bits per heavy atom. The summed E-state index contributed by atoms with van der Waals surface area (Å²) in [5, 5.41) is 1.28. The molecule has 28 heavy (non-hydrogen) atoms. The van der Waals surface area contributed by atoms with Gasteiger partial charge in [0.25, 0.3) is 0 Å². The molecular formula is C26H22IrN-. The number of rotatable bonds is 5. The second-order valence-corrected chi connectivity index (χ2v) is 7.37. The molecule has 0 unspecified atom stereocenters. The van der Waals surface area contributed by atoms with Crippen LogP contribution in [0.2, 0.25) is 0 Å². The van der Waals surface area contributed by atoms with Crippen molar-refractivity contribution < 1.29 is 20.1 Å². The van der Waals surface area contributed by atoms with Crippen molar-refractivity contribution in [1.29, 1.82) is 0 Å². The molecule has 1 radical (unpaired) electrons. The summed E-state index contributed by atoms with van der Waals surface area (Å²) in [4.78, 5) is 5.00. The van der Waals surface area contributed by atoms with Crippen LogP contribution in [0.4, 0.5) is 0 Å². The van der Waals surface area contributed by atoms with Crippen molar-refractivity contribution in [3.8, 4) is 33.5 Å². The van der Waals surface area contributed by atoms with Gasteiger partial charge < -0.3 is 0 Å². The van der Waals surface area contributed by atoms with E-state index in [0.29, 0.717) is 0 Å². The quantitative estimate of drug-likeness (QED) is 0.172. The number of hydrogen-bond acceptors (Lipinski definition) is 1. The summed E-state index contributed by atoms with van der Waals surface area (Å²) >= 11 is 0. The molecular weight excluding hydrogens is 519 g/mol. The van der Waals surface area contributed by atoms with E-state index < -0.39 is 0 Å². The zero-order chi connectivity index (χ0) is 18.2. The minimum absolute atomic E-state index is 0. The first kappa shape index (κ1) is 19.1. The van der Waals surface area contributed by atoms with Crippen molar-refractivity contribution in [2.24, 2.45) is 0 Å². The molecule has 141 valence electrons. The van der Waals surface area contributed by atoms with Crippen LogP contribution < -0.4 is 0 Å². The molecule has 1 heterocycles. The van der Waals surface area contributed by atoms with E-state index in [1.54, 1.807) is 0 Å². The predicted molar refractivity (Wildman–Crippen MR) is 114 cm³/mol. The Morgan fingerprint density at radius 3 is 2.43 bits per heavy atom. The second-order valence-electron chi connectivity index (χ2n) is 7.37. The zero-order valence-electron chi connectivity index (χ0n) is 16.0. The molecule has 0 atom stereocenters.